The summed E-state index contributed by atoms with van der Waals surface area (Å²) in [6, 6.07) is 26.0. The second kappa shape index (κ2) is 10.2. The number of aryl methyl sites for hydroxylation is 1. The van der Waals surface area contributed by atoms with Gasteiger partial charge in [-0.2, -0.15) is 0 Å². The van der Waals surface area contributed by atoms with Gasteiger partial charge in [-0.25, -0.2) is 0 Å². The Morgan fingerprint density at radius 3 is 1.39 bits per heavy atom. The van der Waals surface area contributed by atoms with E-state index in [1.54, 1.807) is 0 Å². The minimum Gasteiger partial charge on any atom is -0.396 e. The van der Waals surface area contributed by atoms with Crippen LogP contribution in [0.15, 0.2) is 72.8 Å². The van der Waals surface area contributed by atoms with Crippen LogP contribution in [0.4, 0.5) is 0 Å². The Morgan fingerprint density at radius 2 is 1.00 bits per heavy atom. The van der Waals surface area contributed by atoms with Gasteiger partial charge in [0.25, 0.3) is 0 Å². The summed E-state index contributed by atoms with van der Waals surface area (Å²) in [5, 5.41) is 18.5. The van der Waals surface area contributed by atoms with Crippen molar-refractivity contribution in [1.29, 1.82) is 0 Å². The van der Waals surface area contributed by atoms with Crippen molar-refractivity contribution in [3.8, 4) is 22.3 Å². The molecule has 2 nitrogen and oxygen atoms in total. The highest BCUT2D eigenvalue weighted by atomic mass is 16.3. The van der Waals surface area contributed by atoms with Crippen molar-refractivity contribution < 1.29 is 10.2 Å². The molecule has 0 spiro atoms. The molecule has 28 heavy (non-hydrogen) atoms. The summed E-state index contributed by atoms with van der Waals surface area (Å²) in [6.45, 7) is 2.25. The molecule has 0 atom stereocenters. The molecule has 0 aliphatic rings. The average molecular weight is 375 g/mol. The van der Waals surface area contributed by atoms with Crippen molar-refractivity contribution in [3.05, 3.63) is 83.9 Å². The van der Waals surface area contributed by atoms with E-state index in [-0.39, 0.29) is 19.1 Å². The van der Waals surface area contributed by atoms with E-state index >= 15 is 0 Å². The molecule has 0 amide bonds. The second-order valence-corrected chi connectivity index (χ2v) is 7.51. The van der Waals surface area contributed by atoms with Gasteiger partial charge >= 0.3 is 0 Å². The highest BCUT2D eigenvalue weighted by molar-refractivity contribution is 5.70. The average Bonchev–Trinajstić information content (AvgIpc) is 2.77. The molecule has 3 rings (SSSR count). The van der Waals surface area contributed by atoms with Crippen LogP contribution in [0.1, 0.15) is 30.9 Å². The second-order valence-electron chi connectivity index (χ2n) is 7.51. The Bertz CT molecular complexity index is 829. The summed E-state index contributed by atoms with van der Waals surface area (Å²) in [5.74, 6) is -0.0847. The van der Waals surface area contributed by atoms with Gasteiger partial charge in [0.15, 0.2) is 0 Å². The standard InChI is InChI=1S/C26H30O2/c1-2-3-4-20-5-9-23(10-6-20)25-13-15-26(16-14-25)24-11-7-21(8-12-24)17-22(18-27)19-28/h5-16,22,27-28H,2-4,17-19H2,1H3. The first-order chi connectivity index (χ1) is 13.7. The molecule has 0 bridgehead atoms. The Hall–Kier alpha value is -2.42. The molecule has 146 valence electrons. The summed E-state index contributed by atoms with van der Waals surface area (Å²) in [7, 11) is 0. The van der Waals surface area contributed by atoms with Gasteiger partial charge in [-0.15, -0.1) is 0 Å². The third-order valence-corrected chi connectivity index (χ3v) is 5.32. The number of aliphatic hydroxyl groups excluding tert-OH is 2. The van der Waals surface area contributed by atoms with Crippen LogP contribution in [-0.2, 0) is 12.8 Å². The maximum absolute atomic E-state index is 9.23. The molecule has 3 aromatic carbocycles. The molecule has 0 fully saturated rings. The van der Waals surface area contributed by atoms with E-state index in [1.165, 1.54) is 40.7 Å². The number of aliphatic hydroxyl groups is 2. The minimum absolute atomic E-state index is 0.0132. The first kappa shape index (κ1) is 20.3. The van der Waals surface area contributed by atoms with Crippen LogP contribution in [0, 0.1) is 5.92 Å². The normalized spacial score (nSPS) is 11.1. The van der Waals surface area contributed by atoms with Crippen LogP contribution in [0.25, 0.3) is 22.3 Å². The zero-order valence-electron chi connectivity index (χ0n) is 16.6. The van der Waals surface area contributed by atoms with Crippen molar-refractivity contribution in [2.24, 2.45) is 5.92 Å². The molecule has 3 aromatic rings. The van der Waals surface area contributed by atoms with Crippen LogP contribution in [0.3, 0.4) is 0 Å². The third-order valence-electron chi connectivity index (χ3n) is 5.32. The summed E-state index contributed by atoms with van der Waals surface area (Å²) in [6.07, 6.45) is 4.32. The first-order valence-electron chi connectivity index (χ1n) is 10.2. The SMILES string of the molecule is CCCCc1ccc(-c2ccc(-c3ccc(CC(CO)CO)cc3)cc2)cc1. The van der Waals surface area contributed by atoms with Crippen LogP contribution in [-0.4, -0.2) is 23.4 Å². The molecular formula is C26H30O2. The molecule has 0 aliphatic heterocycles. The predicted octanol–water partition coefficient (Wildman–Crippen LogP) is 5.51. The lowest BCUT2D eigenvalue weighted by atomic mass is 9.96. The van der Waals surface area contributed by atoms with E-state index < -0.39 is 0 Å². The van der Waals surface area contributed by atoms with Gasteiger partial charge in [0.1, 0.15) is 0 Å². The maximum atomic E-state index is 9.23. The van der Waals surface area contributed by atoms with E-state index in [0.29, 0.717) is 6.42 Å². The summed E-state index contributed by atoms with van der Waals surface area (Å²) >= 11 is 0. The van der Waals surface area contributed by atoms with Gasteiger partial charge in [-0.05, 0) is 52.6 Å². The molecule has 0 aliphatic carbocycles. The minimum atomic E-state index is -0.0847. The summed E-state index contributed by atoms with van der Waals surface area (Å²) < 4.78 is 0. The molecular weight excluding hydrogens is 344 g/mol. The molecule has 0 aromatic heterocycles. The number of rotatable bonds is 9. The molecule has 0 radical (unpaired) electrons. The van der Waals surface area contributed by atoms with Crippen LogP contribution >= 0.6 is 0 Å². The Labute approximate surface area is 168 Å². The lowest BCUT2D eigenvalue weighted by molar-refractivity contribution is 0.150. The van der Waals surface area contributed by atoms with Crippen LogP contribution in [0.2, 0.25) is 0 Å². The summed E-state index contributed by atoms with van der Waals surface area (Å²) in [5.41, 5.74) is 7.39. The van der Waals surface area contributed by atoms with Gasteiger partial charge in [0.05, 0.1) is 0 Å². The monoisotopic (exact) mass is 374 g/mol. The van der Waals surface area contributed by atoms with Crippen molar-refractivity contribution in [1.82, 2.24) is 0 Å². The third kappa shape index (κ3) is 5.31. The van der Waals surface area contributed by atoms with E-state index in [2.05, 4.69) is 79.7 Å². The number of unbranched alkanes of at least 4 members (excludes halogenated alkanes) is 1. The number of hydrogen-bond acceptors (Lipinski definition) is 2. The molecule has 0 saturated heterocycles. The maximum Gasteiger partial charge on any atom is 0.0484 e. The fraction of sp³-hybridized carbons (Fsp3) is 0.308. The first-order valence-corrected chi connectivity index (χ1v) is 10.2. The molecule has 0 saturated carbocycles. The van der Waals surface area contributed by atoms with Crippen molar-refractivity contribution in [2.45, 2.75) is 32.6 Å². The lowest BCUT2D eigenvalue weighted by Crippen LogP contribution is -2.13. The van der Waals surface area contributed by atoms with E-state index in [4.69, 9.17) is 0 Å². The number of hydrogen-bond donors (Lipinski definition) is 2. The van der Waals surface area contributed by atoms with Gasteiger partial charge in [-0.1, -0.05) is 86.1 Å². The van der Waals surface area contributed by atoms with E-state index in [9.17, 15) is 10.2 Å². The Balaban J connectivity index is 1.68. The van der Waals surface area contributed by atoms with Crippen LogP contribution < -0.4 is 0 Å². The largest absolute Gasteiger partial charge is 0.396 e. The van der Waals surface area contributed by atoms with Gasteiger partial charge in [0.2, 0.25) is 0 Å². The molecule has 0 heterocycles. The Morgan fingerprint density at radius 1 is 0.607 bits per heavy atom. The van der Waals surface area contributed by atoms with Crippen molar-refractivity contribution >= 4 is 0 Å². The Kier molecular flexibility index (Phi) is 7.41. The zero-order valence-corrected chi connectivity index (χ0v) is 16.6. The molecule has 2 heteroatoms. The topological polar surface area (TPSA) is 40.5 Å². The lowest BCUT2D eigenvalue weighted by Gasteiger charge is -2.11. The highest BCUT2D eigenvalue weighted by Gasteiger charge is 2.07. The highest BCUT2D eigenvalue weighted by Crippen LogP contribution is 2.26. The molecule has 2 N–H and O–H groups in total. The number of benzene rings is 3. The van der Waals surface area contributed by atoms with Gasteiger partial charge in [0, 0.05) is 19.1 Å². The van der Waals surface area contributed by atoms with Crippen molar-refractivity contribution in [3.63, 3.8) is 0 Å². The zero-order chi connectivity index (χ0) is 19.8. The van der Waals surface area contributed by atoms with Gasteiger partial charge in [-0.3, -0.25) is 0 Å². The van der Waals surface area contributed by atoms with Crippen molar-refractivity contribution in [2.75, 3.05) is 13.2 Å². The molecule has 0 unspecified atom stereocenters. The predicted molar refractivity (Wildman–Crippen MR) is 117 cm³/mol. The summed E-state index contributed by atoms with van der Waals surface area (Å²) in [4.78, 5) is 0. The van der Waals surface area contributed by atoms with E-state index in [1.807, 2.05) is 0 Å². The fourth-order valence-corrected chi connectivity index (χ4v) is 3.45. The fourth-order valence-electron chi connectivity index (χ4n) is 3.45. The van der Waals surface area contributed by atoms with Gasteiger partial charge < -0.3 is 10.2 Å². The quantitative estimate of drug-likeness (QED) is 0.519. The smallest absolute Gasteiger partial charge is 0.0484 e. The van der Waals surface area contributed by atoms with E-state index in [0.717, 1.165) is 12.0 Å². The van der Waals surface area contributed by atoms with Crippen LogP contribution in [0.5, 0.6) is 0 Å².